The zero-order chi connectivity index (χ0) is 24.8. The van der Waals surface area contributed by atoms with Gasteiger partial charge in [-0.05, 0) is 54.3 Å². The van der Waals surface area contributed by atoms with Crippen LogP contribution in [0.2, 0.25) is 0 Å². The molecular formula is C23H25F3N2O4S. The van der Waals surface area contributed by atoms with Crippen LogP contribution < -0.4 is 5.32 Å². The molecule has 33 heavy (non-hydrogen) atoms. The van der Waals surface area contributed by atoms with Gasteiger partial charge in [-0.15, -0.1) is 0 Å². The predicted molar refractivity (Wildman–Crippen MR) is 117 cm³/mol. The van der Waals surface area contributed by atoms with E-state index in [1.165, 1.54) is 61.2 Å². The summed E-state index contributed by atoms with van der Waals surface area (Å²) in [6, 6.07) is 8.81. The molecule has 3 rings (SSSR count). The zero-order valence-corrected chi connectivity index (χ0v) is 19.5. The Labute approximate surface area is 190 Å². The number of fused-ring (bicyclic) bond motifs is 1. The molecule has 1 heterocycles. The van der Waals surface area contributed by atoms with Crippen LogP contribution in [0.25, 0.3) is 0 Å². The molecule has 1 N–H and O–H groups in total. The number of halogens is 3. The summed E-state index contributed by atoms with van der Waals surface area (Å²) in [6.07, 6.45) is -3.49. The molecule has 0 fully saturated rings. The first-order valence-electron chi connectivity index (χ1n) is 10.3. The summed E-state index contributed by atoms with van der Waals surface area (Å²) in [7, 11) is -3.46. The number of sulfone groups is 1. The third-order valence-corrected chi connectivity index (χ3v) is 7.37. The summed E-state index contributed by atoms with van der Waals surface area (Å²) in [5.74, 6) is -0.913. The maximum Gasteiger partial charge on any atom is 0.398 e. The molecule has 178 valence electrons. The normalized spacial score (nSPS) is 17.9. The molecule has 0 aliphatic carbocycles. The fraction of sp³-hybridized carbons (Fsp3) is 0.391. The van der Waals surface area contributed by atoms with Gasteiger partial charge in [-0.3, -0.25) is 9.59 Å². The molecule has 1 aliphatic rings. The van der Waals surface area contributed by atoms with E-state index in [1.807, 2.05) is 0 Å². The number of carbonyl (C=O) groups is 2. The van der Waals surface area contributed by atoms with Crippen molar-refractivity contribution in [3.63, 3.8) is 0 Å². The van der Waals surface area contributed by atoms with Crippen LogP contribution in [0.3, 0.4) is 0 Å². The van der Waals surface area contributed by atoms with Crippen LogP contribution in [0.4, 0.5) is 18.9 Å². The van der Waals surface area contributed by atoms with Crippen molar-refractivity contribution in [3.8, 4) is 0 Å². The summed E-state index contributed by atoms with van der Waals surface area (Å²) >= 11 is 0. The molecule has 10 heteroatoms. The highest BCUT2D eigenvalue weighted by Gasteiger charge is 2.50. The Bertz CT molecular complexity index is 1190. The number of rotatable bonds is 5. The highest BCUT2D eigenvalue weighted by atomic mass is 32.2. The van der Waals surface area contributed by atoms with Gasteiger partial charge in [-0.25, -0.2) is 8.42 Å². The number of hydrogen-bond donors (Lipinski definition) is 1. The third kappa shape index (κ3) is 4.62. The van der Waals surface area contributed by atoms with Crippen molar-refractivity contribution in [2.24, 2.45) is 0 Å². The van der Waals surface area contributed by atoms with E-state index in [-0.39, 0.29) is 35.0 Å². The average molecular weight is 483 g/mol. The minimum Gasteiger partial charge on any atom is -0.324 e. The molecule has 0 radical (unpaired) electrons. The van der Waals surface area contributed by atoms with Crippen LogP contribution in [0.5, 0.6) is 0 Å². The van der Waals surface area contributed by atoms with Crippen molar-refractivity contribution in [2.75, 3.05) is 11.6 Å². The van der Waals surface area contributed by atoms with E-state index >= 15 is 0 Å². The second kappa shape index (κ2) is 8.48. The largest absolute Gasteiger partial charge is 0.398 e. The smallest absolute Gasteiger partial charge is 0.324 e. The molecular weight excluding hydrogens is 457 g/mol. The van der Waals surface area contributed by atoms with Gasteiger partial charge in [0.1, 0.15) is 6.04 Å². The molecule has 2 aromatic rings. The number of benzene rings is 2. The second-order valence-electron chi connectivity index (χ2n) is 8.43. The Kier molecular flexibility index (Phi) is 6.36. The van der Waals surface area contributed by atoms with Gasteiger partial charge in [0, 0.05) is 25.4 Å². The first-order chi connectivity index (χ1) is 15.2. The number of hydrogen-bond acceptors (Lipinski definition) is 4. The van der Waals surface area contributed by atoms with E-state index in [0.717, 1.165) is 13.2 Å². The van der Waals surface area contributed by atoms with E-state index in [4.69, 9.17) is 0 Å². The Balaban J connectivity index is 1.89. The summed E-state index contributed by atoms with van der Waals surface area (Å²) in [5, 5.41) is 2.66. The summed E-state index contributed by atoms with van der Waals surface area (Å²) in [5.41, 5.74) is -0.591. The van der Waals surface area contributed by atoms with Crippen LogP contribution in [0.15, 0.2) is 47.4 Å². The molecule has 0 spiro atoms. The quantitative estimate of drug-likeness (QED) is 0.686. The first-order valence-corrected chi connectivity index (χ1v) is 12.2. The van der Waals surface area contributed by atoms with Crippen molar-refractivity contribution in [2.45, 2.75) is 56.3 Å². The van der Waals surface area contributed by atoms with E-state index in [1.54, 1.807) is 0 Å². The van der Waals surface area contributed by atoms with Gasteiger partial charge in [0.15, 0.2) is 9.84 Å². The average Bonchev–Trinajstić information content (AvgIpc) is 3.11. The van der Waals surface area contributed by atoms with Gasteiger partial charge < -0.3 is 10.2 Å². The van der Waals surface area contributed by atoms with Crippen LogP contribution in [0.1, 0.15) is 49.9 Å². The third-order valence-electron chi connectivity index (χ3n) is 6.26. The molecule has 2 amide bonds. The van der Waals surface area contributed by atoms with Crippen molar-refractivity contribution in [1.82, 2.24) is 4.90 Å². The van der Waals surface area contributed by atoms with Crippen LogP contribution in [-0.2, 0) is 31.4 Å². The number of amides is 2. The fourth-order valence-corrected chi connectivity index (χ4v) is 4.61. The summed E-state index contributed by atoms with van der Waals surface area (Å²) in [4.78, 5) is 26.6. The van der Waals surface area contributed by atoms with E-state index < -0.39 is 33.4 Å². The monoisotopic (exact) mass is 482 g/mol. The van der Waals surface area contributed by atoms with Crippen molar-refractivity contribution < 1.29 is 31.2 Å². The molecule has 1 aliphatic heterocycles. The van der Waals surface area contributed by atoms with Gasteiger partial charge >= 0.3 is 6.18 Å². The number of nitrogens with zero attached hydrogens (tertiary/aromatic N) is 1. The number of anilines is 1. The van der Waals surface area contributed by atoms with Crippen molar-refractivity contribution in [3.05, 3.63) is 59.2 Å². The topological polar surface area (TPSA) is 83.6 Å². The predicted octanol–water partition coefficient (Wildman–Crippen LogP) is 4.36. The molecule has 0 bridgehead atoms. The van der Waals surface area contributed by atoms with E-state index in [0.29, 0.717) is 11.1 Å². The number of nitrogens with one attached hydrogen (secondary N) is 1. The van der Waals surface area contributed by atoms with Crippen LogP contribution in [-0.4, -0.2) is 37.6 Å². The highest BCUT2D eigenvalue weighted by molar-refractivity contribution is 7.90. The lowest BCUT2D eigenvalue weighted by Crippen LogP contribution is -2.38. The van der Waals surface area contributed by atoms with Crippen LogP contribution in [0, 0.1) is 0 Å². The molecule has 2 aromatic carbocycles. The molecule has 2 atom stereocenters. The van der Waals surface area contributed by atoms with Crippen molar-refractivity contribution in [1.29, 1.82) is 0 Å². The van der Waals surface area contributed by atoms with Gasteiger partial charge in [0.05, 0.1) is 10.3 Å². The first kappa shape index (κ1) is 24.8. The Morgan fingerprint density at radius 2 is 1.73 bits per heavy atom. The summed E-state index contributed by atoms with van der Waals surface area (Å²) in [6.45, 7) is 3.98. The zero-order valence-electron chi connectivity index (χ0n) is 18.7. The lowest BCUT2D eigenvalue weighted by molar-refractivity contribution is -0.186. The Hall–Kier alpha value is -2.88. The van der Waals surface area contributed by atoms with Crippen LogP contribution >= 0.6 is 0 Å². The highest BCUT2D eigenvalue weighted by Crippen LogP contribution is 2.43. The lowest BCUT2D eigenvalue weighted by atomic mass is 9.79. The van der Waals surface area contributed by atoms with E-state index in [9.17, 15) is 31.2 Å². The van der Waals surface area contributed by atoms with Gasteiger partial charge in [0.25, 0.3) is 5.91 Å². The minimum atomic E-state index is -4.42. The van der Waals surface area contributed by atoms with Crippen molar-refractivity contribution >= 4 is 27.3 Å². The molecule has 0 saturated heterocycles. The van der Waals surface area contributed by atoms with E-state index in [2.05, 4.69) is 5.32 Å². The maximum atomic E-state index is 13.5. The van der Waals surface area contributed by atoms with Gasteiger partial charge in [-0.2, -0.15) is 13.2 Å². The van der Waals surface area contributed by atoms with Gasteiger partial charge in [-0.1, -0.05) is 25.1 Å². The molecule has 2 unspecified atom stereocenters. The fourth-order valence-electron chi connectivity index (χ4n) is 3.94. The Morgan fingerprint density at radius 1 is 1.12 bits per heavy atom. The molecule has 0 aromatic heterocycles. The SMILES string of the molecule is CCC(C)(c1ccc(NC(=O)C2c3ccc(S(C)(=O)=O)cc3CN2C(C)=O)cc1)C(F)(F)F. The molecule has 0 saturated carbocycles. The summed E-state index contributed by atoms with van der Waals surface area (Å²) < 4.78 is 64.3. The maximum absolute atomic E-state index is 13.5. The Morgan fingerprint density at radius 3 is 2.21 bits per heavy atom. The molecule has 6 nitrogen and oxygen atoms in total. The standard InChI is InChI=1S/C23H25F3N2O4S/c1-5-22(3,23(24,25)26)16-6-8-17(9-7-16)27-21(30)20-19-11-10-18(33(4,31)32)12-15(19)13-28(20)14(2)29/h6-12,20H,5,13H2,1-4H3,(H,27,30). The van der Waals surface area contributed by atoms with Gasteiger partial charge in [0.2, 0.25) is 5.91 Å². The minimum absolute atomic E-state index is 0.0749. The number of alkyl halides is 3. The number of carbonyl (C=O) groups excluding carboxylic acids is 2. The second-order valence-corrected chi connectivity index (χ2v) is 10.4. The lowest BCUT2D eigenvalue weighted by Gasteiger charge is -2.31.